The number of anilines is 1. The van der Waals surface area contributed by atoms with Crippen LogP contribution in [0, 0.1) is 18.7 Å². The Morgan fingerprint density at radius 3 is 2.50 bits per heavy atom. The van der Waals surface area contributed by atoms with E-state index in [4.69, 9.17) is 0 Å². The topological polar surface area (TPSA) is 52.7 Å². The van der Waals surface area contributed by atoms with Gasteiger partial charge in [0.25, 0.3) is 0 Å². The summed E-state index contributed by atoms with van der Waals surface area (Å²) >= 11 is 0. The van der Waals surface area contributed by atoms with Crippen molar-refractivity contribution in [3.05, 3.63) is 29.6 Å². The normalized spacial score (nSPS) is 19.9. The Kier molecular flexibility index (Phi) is 4.85. The summed E-state index contributed by atoms with van der Waals surface area (Å²) < 4.78 is 13.3. The largest absolute Gasteiger partial charge is 0.340 e. The maximum atomic E-state index is 13.3. The summed E-state index contributed by atoms with van der Waals surface area (Å²) in [6, 6.07) is 4.06. The third kappa shape index (κ3) is 3.75. The van der Waals surface area contributed by atoms with Crippen LogP contribution < -0.4 is 5.32 Å². The maximum Gasteiger partial charge on any atom is 0.241 e. The van der Waals surface area contributed by atoms with E-state index in [1.807, 2.05) is 18.7 Å². The molecule has 2 fully saturated rings. The van der Waals surface area contributed by atoms with E-state index in [2.05, 4.69) is 10.2 Å². The molecule has 1 atom stereocenters. The van der Waals surface area contributed by atoms with Gasteiger partial charge < -0.3 is 10.2 Å². The van der Waals surface area contributed by atoms with E-state index in [0.717, 1.165) is 18.4 Å². The first-order chi connectivity index (χ1) is 11.5. The molecular weight excluding hydrogens is 309 g/mol. The lowest BCUT2D eigenvalue weighted by molar-refractivity contribution is -0.135. The van der Waals surface area contributed by atoms with Crippen molar-refractivity contribution in [3.8, 4) is 0 Å². The predicted molar refractivity (Wildman–Crippen MR) is 90.1 cm³/mol. The Morgan fingerprint density at radius 1 is 1.21 bits per heavy atom. The van der Waals surface area contributed by atoms with Crippen LogP contribution in [0.15, 0.2) is 18.2 Å². The number of benzene rings is 1. The summed E-state index contributed by atoms with van der Waals surface area (Å²) in [5, 5.41) is 2.81. The number of nitrogens with zero attached hydrogens (tertiary/aromatic N) is 2. The summed E-state index contributed by atoms with van der Waals surface area (Å²) in [4.78, 5) is 28.5. The zero-order chi connectivity index (χ0) is 17.3. The average Bonchev–Trinajstić information content (AvgIpc) is 3.42. The first kappa shape index (κ1) is 16.9. The van der Waals surface area contributed by atoms with Crippen LogP contribution in [0.4, 0.5) is 10.1 Å². The van der Waals surface area contributed by atoms with Gasteiger partial charge in [0, 0.05) is 37.8 Å². The van der Waals surface area contributed by atoms with Crippen molar-refractivity contribution in [1.82, 2.24) is 9.80 Å². The van der Waals surface area contributed by atoms with Crippen LogP contribution in [0.3, 0.4) is 0 Å². The van der Waals surface area contributed by atoms with Gasteiger partial charge in [-0.05, 0) is 44.4 Å². The number of carbonyl (C=O) groups excluding carboxylic acids is 2. The van der Waals surface area contributed by atoms with Gasteiger partial charge in [0.2, 0.25) is 11.8 Å². The molecule has 1 heterocycles. The second-order valence-corrected chi connectivity index (χ2v) is 6.76. The fourth-order valence-corrected chi connectivity index (χ4v) is 3.05. The van der Waals surface area contributed by atoms with Crippen molar-refractivity contribution in [2.75, 3.05) is 31.5 Å². The van der Waals surface area contributed by atoms with Gasteiger partial charge in [-0.1, -0.05) is 6.07 Å². The number of piperazine rings is 1. The third-order valence-corrected chi connectivity index (χ3v) is 4.94. The standard InChI is InChI=1S/C18H24FN3O2/c1-12-3-6-15(19)11-16(12)20-17(23)13(2)21-7-9-22(10-8-21)18(24)14-4-5-14/h3,6,11,13-14H,4-5,7-10H2,1-2H3,(H,20,23)/t13-/m1/s1. The van der Waals surface area contributed by atoms with Crippen LogP contribution in [0.5, 0.6) is 0 Å². The zero-order valence-corrected chi connectivity index (χ0v) is 14.2. The van der Waals surface area contributed by atoms with Crippen LogP contribution in [0.25, 0.3) is 0 Å². The van der Waals surface area contributed by atoms with Crippen molar-refractivity contribution in [3.63, 3.8) is 0 Å². The van der Waals surface area contributed by atoms with Gasteiger partial charge >= 0.3 is 0 Å². The molecule has 1 aliphatic carbocycles. The molecule has 130 valence electrons. The van der Waals surface area contributed by atoms with Crippen molar-refractivity contribution >= 4 is 17.5 Å². The molecule has 0 spiro atoms. The maximum absolute atomic E-state index is 13.3. The van der Waals surface area contributed by atoms with E-state index in [-0.39, 0.29) is 29.6 Å². The molecule has 0 unspecified atom stereocenters. The summed E-state index contributed by atoms with van der Waals surface area (Å²) in [6.45, 7) is 6.41. The molecule has 0 radical (unpaired) electrons. The van der Waals surface area contributed by atoms with Crippen molar-refractivity contribution < 1.29 is 14.0 Å². The molecule has 0 bridgehead atoms. The number of carbonyl (C=O) groups is 2. The zero-order valence-electron chi connectivity index (χ0n) is 14.2. The van der Waals surface area contributed by atoms with Crippen molar-refractivity contribution in [2.45, 2.75) is 32.7 Å². The summed E-state index contributed by atoms with van der Waals surface area (Å²) in [6.07, 6.45) is 2.04. The van der Waals surface area contributed by atoms with Crippen LogP contribution in [0.2, 0.25) is 0 Å². The molecule has 2 aliphatic rings. The molecule has 1 saturated heterocycles. The third-order valence-electron chi connectivity index (χ3n) is 4.94. The average molecular weight is 333 g/mol. The van der Waals surface area contributed by atoms with Crippen molar-refractivity contribution in [1.29, 1.82) is 0 Å². The number of rotatable bonds is 4. The molecule has 1 aliphatic heterocycles. The van der Waals surface area contributed by atoms with E-state index in [1.54, 1.807) is 6.07 Å². The summed E-state index contributed by atoms with van der Waals surface area (Å²) in [5.74, 6) is -0.00297. The Balaban J connectivity index is 1.54. The number of aryl methyl sites for hydroxylation is 1. The Morgan fingerprint density at radius 2 is 1.88 bits per heavy atom. The minimum Gasteiger partial charge on any atom is -0.340 e. The Bertz CT molecular complexity index is 637. The SMILES string of the molecule is Cc1ccc(F)cc1NC(=O)[C@@H](C)N1CCN(C(=O)C2CC2)CC1. The second kappa shape index (κ2) is 6.89. The molecule has 2 amide bonds. The number of nitrogens with one attached hydrogen (secondary N) is 1. The minimum absolute atomic E-state index is 0.148. The van der Waals surface area contributed by atoms with Crippen LogP contribution >= 0.6 is 0 Å². The molecule has 1 aromatic rings. The highest BCUT2D eigenvalue weighted by molar-refractivity contribution is 5.95. The van der Waals surface area contributed by atoms with Crippen molar-refractivity contribution in [2.24, 2.45) is 5.92 Å². The van der Waals surface area contributed by atoms with Gasteiger partial charge in [-0.25, -0.2) is 4.39 Å². The molecule has 0 aromatic heterocycles. The Labute approximate surface area is 141 Å². The van der Waals surface area contributed by atoms with Gasteiger partial charge in [0.15, 0.2) is 0 Å². The number of amides is 2. The van der Waals surface area contributed by atoms with Gasteiger partial charge in [-0.15, -0.1) is 0 Å². The molecule has 1 N–H and O–H groups in total. The molecule has 5 nitrogen and oxygen atoms in total. The molecule has 1 aromatic carbocycles. The highest BCUT2D eigenvalue weighted by Crippen LogP contribution is 2.31. The first-order valence-electron chi connectivity index (χ1n) is 8.55. The van der Waals surface area contributed by atoms with E-state index < -0.39 is 0 Å². The number of halogens is 1. The number of hydrogen-bond donors (Lipinski definition) is 1. The number of hydrogen-bond acceptors (Lipinski definition) is 3. The molecule has 24 heavy (non-hydrogen) atoms. The van der Waals surface area contributed by atoms with Crippen LogP contribution in [0.1, 0.15) is 25.3 Å². The lowest BCUT2D eigenvalue weighted by Crippen LogP contribution is -2.54. The summed E-state index contributed by atoms with van der Waals surface area (Å²) in [7, 11) is 0. The minimum atomic E-state index is -0.365. The van der Waals surface area contributed by atoms with Gasteiger partial charge in [0.05, 0.1) is 6.04 Å². The molecule has 1 saturated carbocycles. The van der Waals surface area contributed by atoms with Crippen LogP contribution in [-0.4, -0.2) is 53.8 Å². The summed E-state index contributed by atoms with van der Waals surface area (Å²) in [5.41, 5.74) is 1.34. The highest BCUT2D eigenvalue weighted by Gasteiger charge is 2.35. The lowest BCUT2D eigenvalue weighted by atomic mass is 10.1. The van der Waals surface area contributed by atoms with Crippen LogP contribution in [-0.2, 0) is 9.59 Å². The van der Waals surface area contributed by atoms with E-state index in [1.165, 1.54) is 12.1 Å². The van der Waals surface area contributed by atoms with Gasteiger partial charge in [0.1, 0.15) is 5.82 Å². The first-order valence-corrected chi connectivity index (χ1v) is 8.55. The van der Waals surface area contributed by atoms with E-state index in [0.29, 0.717) is 31.9 Å². The molecular formula is C18H24FN3O2. The quantitative estimate of drug-likeness (QED) is 0.917. The fraction of sp³-hybridized carbons (Fsp3) is 0.556. The van der Waals surface area contributed by atoms with Gasteiger partial charge in [-0.3, -0.25) is 14.5 Å². The monoisotopic (exact) mass is 333 g/mol. The lowest BCUT2D eigenvalue weighted by Gasteiger charge is -2.37. The predicted octanol–water partition coefficient (Wildman–Crippen LogP) is 2.02. The second-order valence-electron chi connectivity index (χ2n) is 6.76. The highest BCUT2D eigenvalue weighted by atomic mass is 19.1. The molecule has 3 rings (SSSR count). The van der Waals surface area contributed by atoms with E-state index in [9.17, 15) is 14.0 Å². The van der Waals surface area contributed by atoms with Gasteiger partial charge in [-0.2, -0.15) is 0 Å². The smallest absolute Gasteiger partial charge is 0.241 e. The fourth-order valence-electron chi connectivity index (χ4n) is 3.05. The van der Waals surface area contributed by atoms with E-state index >= 15 is 0 Å². The Hall–Kier alpha value is -1.95. The molecule has 6 heteroatoms.